The number of carbonyl (C=O) groups excluding carboxylic acids is 1. The van der Waals surface area contributed by atoms with Crippen molar-refractivity contribution in [3.8, 4) is 11.5 Å². The Bertz CT molecular complexity index is 1310. The fraction of sp³-hybridized carbons (Fsp3) is 0.0500. The zero-order valence-electron chi connectivity index (χ0n) is 15.9. The van der Waals surface area contributed by atoms with E-state index in [9.17, 15) is 24.5 Å². The molecule has 1 aromatic heterocycles. The van der Waals surface area contributed by atoms with Crippen LogP contribution in [0.15, 0.2) is 56.5 Å². The molecule has 10 nitrogen and oxygen atoms in total. The number of nitrogens with zero attached hydrogens (tertiary/aromatic N) is 1. The minimum Gasteiger partial charge on any atom is -0.493 e. The number of halogens is 1. The smallest absolute Gasteiger partial charge is 0.357 e. The summed E-state index contributed by atoms with van der Waals surface area (Å²) in [6, 6.07) is 11.3. The van der Waals surface area contributed by atoms with Gasteiger partial charge >= 0.3 is 22.9 Å². The van der Waals surface area contributed by atoms with Gasteiger partial charge in [-0.3, -0.25) is 19.9 Å². The maximum atomic E-state index is 12.4. The zero-order chi connectivity index (χ0) is 22.5. The molecule has 0 aliphatic heterocycles. The Morgan fingerprint density at radius 2 is 1.87 bits per heavy atom. The second-order valence-electron chi connectivity index (χ2n) is 6.07. The first-order valence-electron chi connectivity index (χ1n) is 8.63. The number of carbonyl (C=O) groups is 1. The SMILES string of the molecule is COc1cc(C=Cc2[nH]c(=O)[nH]c(=O)c2[N+](=O)[O-])ccc1OC(=O)c1cccc(Br)c1. The van der Waals surface area contributed by atoms with E-state index >= 15 is 0 Å². The predicted molar refractivity (Wildman–Crippen MR) is 115 cm³/mol. The van der Waals surface area contributed by atoms with Gasteiger partial charge in [-0.2, -0.15) is 0 Å². The molecular weight excluding hydrogens is 474 g/mol. The Balaban J connectivity index is 1.89. The summed E-state index contributed by atoms with van der Waals surface area (Å²) >= 11 is 3.29. The van der Waals surface area contributed by atoms with Gasteiger partial charge in [0.05, 0.1) is 17.6 Å². The first kappa shape index (κ1) is 21.7. The van der Waals surface area contributed by atoms with Crippen LogP contribution in [0.4, 0.5) is 5.69 Å². The highest BCUT2D eigenvalue weighted by molar-refractivity contribution is 9.10. The van der Waals surface area contributed by atoms with Gasteiger partial charge in [0.1, 0.15) is 5.69 Å². The Morgan fingerprint density at radius 3 is 2.55 bits per heavy atom. The predicted octanol–water partition coefficient (Wildman–Crippen LogP) is 3.13. The standard InChI is InChI=1S/C20H14BrN3O7/c1-30-16-9-11(5-7-14-17(24(28)29)18(25)23-20(27)22-14)6-8-15(16)31-19(26)12-3-2-4-13(21)10-12/h2-10H,1H3,(H2,22,23,25,27). The van der Waals surface area contributed by atoms with Crippen LogP contribution in [0, 0.1) is 10.1 Å². The molecule has 0 atom stereocenters. The van der Waals surface area contributed by atoms with Crippen molar-refractivity contribution in [3.05, 3.63) is 94.7 Å². The van der Waals surface area contributed by atoms with Crippen LogP contribution in [0.25, 0.3) is 12.2 Å². The molecule has 0 aliphatic rings. The van der Waals surface area contributed by atoms with Crippen molar-refractivity contribution < 1.29 is 19.2 Å². The lowest BCUT2D eigenvalue weighted by atomic mass is 10.1. The second kappa shape index (κ2) is 9.22. The molecule has 0 saturated heterocycles. The van der Waals surface area contributed by atoms with E-state index in [1.165, 1.54) is 31.4 Å². The summed E-state index contributed by atoms with van der Waals surface area (Å²) in [5.41, 5.74) is -2.19. The first-order chi connectivity index (χ1) is 14.8. The number of nitro groups is 1. The van der Waals surface area contributed by atoms with Gasteiger partial charge < -0.3 is 14.5 Å². The van der Waals surface area contributed by atoms with Crippen molar-refractivity contribution >= 4 is 39.7 Å². The molecule has 0 fully saturated rings. The number of hydrogen-bond donors (Lipinski definition) is 2. The number of aromatic nitrogens is 2. The van der Waals surface area contributed by atoms with Crippen LogP contribution >= 0.6 is 15.9 Å². The van der Waals surface area contributed by atoms with Gasteiger partial charge in [0.15, 0.2) is 11.5 Å². The van der Waals surface area contributed by atoms with Gasteiger partial charge in [-0.25, -0.2) is 9.59 Å². The molecule has 0 bridgehead atoms. The van der Waals surface area contributed by atoms with E-state index < -0.39 is 27.8 Å². The van der Waals surface area contributed by atoms with E-state index in [2.05, 4.69) is 20.9 Å². The molecule has 0 unspecified atom stereocenters. The fourth-order valence-corrected chi connectivity index (χ4v) is 3.02. The first-order valence-corrected chi connectivity index (χ1v) is 9.42. The Morgan fingerprint density at radius 1 is 1.10 bits per heavy atom. The number of rotatable bonds is 6. The normalized spacial score (nSPS) is 10.8. The summed E-state index contributed by atoms with van der Waals surface area (Å²) in [5, 5.41) is 11.1. The van der Waals surface area contributed by atoms with Crippen molar-refractivity contribution in [3.63, 3.8) is 0 Å². The molecule has 1 heterocycles. The molecule has 0 saturated carbocycles. The third kappa shape index (κ3) is 5.14. The third-order valence-electron chi connectivity index (χ3n) is 4.02. The Kier molecular flexibility index (Phi) is 6.46. The van der Waals surface area contributed by atoms with Gasteiger partial charge in [-0.15, -0.1) is 0 Å². The molecule has 2 N–H and O–H groups in total. The highest BCUT2D eigenvalue weighted by Gasteiger charge is 2.19. The van der Waals surface area contributed by atoms with Crippen molar-refractivity contribution in [2.24, 2.45) is 0 Å². The molecule has 3 aromatic rings. The molecule has 0 spiro atoms. The monoisotopic (exact) mass is 487 g/mol. The van der Waals surface area contributed by atoms with Crippen molar-refractivity contribution in [1.29, 1.82) is 0 Å². The van der Waals surface area contributed by atoms with Crippen molar-refractivity contribution in [1.82, 2.24) is 9.97 Å². The lowest BCUT2D eigenvalue weighted by Crippen LogP contribution is -2.25. The topological polar surface area (TPSA) is 144 Å². The van der Waals surface area contributed by atoms with Crippen LogP contribution in [0.2, 0.25) is 0 Å². The van der Waals surface area contributed by atoms with E-state index in [4.69, 9.17) is 9.47 Å². The molecule has 31 heavy (non-hydrogen) atoms. The van der Waals surface area contributed by atoms with Crippen molar-refractivity contribution in [2.45, 2.75) is 0 Å². The molecule has 0 aliphatic carbocycles. The van der Waals surface area contributed by atoms with Gasteiger partial charge in [0, 0.05) is 4.47 Å². The minimum atomic E-state index is -1.11. The largest absolute Gasteiger partial charge is 0.493 e. The number of ether oxygens (including phenoxy) is 2. The summed E-state index contributed by atoms with van der Waals surface area (Å²) in [6.07, 6.45) is 2.65. The minimum absolute atomic E-state index is 0.167. The van der Waals surface area contributed by atoms with E-state index in [0.29, 0.717) is 11.1 Å². The third-order valence-corrected chi connectivity index (χ3v) is 4.51. The van der Waals surface area contributed by atoms with Crippen molar-refractivity contribution in [2.75, 3.05) is 7.11 Å². The molecule has 0 radical (unpaired) electrons. The summed E-state index contributed by atoms with van der Waals surface area (Å²) in [6.45, 7) is 0. The van der Waals surface area contributed by atoms with E-state index in [1.54, 1.807) is 35.3 Å². The Hall–Kier alpha value is -3.99. The highest BCUT2D eigenvalue weighted by Crippen LogP contribution is 2.30. The summed E-state index contributed by atoms with van der Waals surface area (Å²) in [7, 11) is 1.39. The fourth-order valence-electron chi connectivity index (χ4n) is 2.63. The lowest BCUT2D eigenvalue weighted by molar-refractivity contribution is -0.386. The van der Waals surface area contributed by atoms with Crippen LogP contribution in [0.1, 0.15) is 21.6 Å². The Labute approximate surface area is 182 Å². The van der Waals surface area contributed by atoms with E-state index in [0.717, 1.165) is 4.47 Å². The maximum absolute atomic E-state index is 12.4. The summed E-state index contributed by atoms with van der Waals surface area (Å²) in [5.74, 6) is -0.181. The summed E-state index contributed by atoms with van der Waals surface area (Å²) in [4.78, 5) is 49.7. The number of esters is 1. The van der Waals surface area contributed by atoms with Crippen LogP contribution in [0.5, 0.6) is 11.5 Å². The van der Waals surface area contributed by atoms with Crippen LogP contribution in [-0.4, -0.2) is 28.0 Å². The average molecular weight is 488 g/mol. The zero-order valence-corrected chi connectivity index (χ0v) is 17.5. The number of nitrogens with one attached hydrogen (secondary N) is 2. The van der Waals surface area contributed by atoms with Gasteiger partial charge in [-0.05, 0) is 42.0 Å². The quantitative estimate of drug-likeness (QED) is 0.235. The van der Waals surface area contributed by atoms with E-state index in [1.807, 2.05) is 0 Å². The van der Waals surface area contributed by atoms with Crippen LogP contribution in [0.3, 0.4) is 0 Å². The summed E-state index contributed by atoms with van der Waals surface area (Å²) < 4.78 is 11.4. The molecule has 0 amide bonds. The number of hydrogen-bond acceptors (Lipinski definition) is 7. The molecule has 158 valence electrons. The number of H-pyrrole nitrogens is 2. The van der Waals surface area contributed by atoms with E-state index in [-0.39, 0.29) is 17.2 Å². The molecule has 11 heteroatoms. The van der Waals surface area contributed by atoms with Gasteiger partial charge in [-0.1, -0.05) is 34.1 Å². The van der Waals surface area contributed by atoms with Crippen LogP contribution < -0.4 is 20.7 Å². The van der Waals surface area contributed by atoms with Gasteiger partial charge in [0.25, 0.3) is 0 Å². The highest BCUT2D eigenvalue weighted by atomic mass is 79.9. The average Bonchev–Trinajstić information content (AvgIpc) is 2.72. The second-order valence-corrected chi connectivity index (χ2v) is 6.99. The number of benzene rings is 2. The van der Waals surface area contributed by atoms with Crippen LogP contribution in [-0.2, 0) is 0 Å². The van der Waals surface area contributed by atoms with Gasteiger partial charge in [0.2, 0.25) is 0 Å². The molecular formula is C20H14BrN3O7. The maximum Gasteiger partial charge on any atom is 0.357 e. The lowest BCUT2D eigenvalue weighted by Gasteiger charge is -2.10. The number of aromatic amines is 2. The molecule has 3 rings (SSSR count). The number of methoxy groups -OCH3 is 1. The molecule has 2 aromatic carbocycles.